The van der Waals surface area contributed by atoms with Gasteiger partial charge in [0.15, 0.2) is 5.82 Å². The van der Waals surface area contributed by atoms with Gasteiger partial charge >= 0.3 is 0 Å². The van der Waals surface area contributed by atoms with Crippen LogP contribution in [-0.4, -0.2) is 54.6 Å². The van der Waals surface area contributed by atoms with Crippen LogP contribution < -0.4 is 10.6 Å². The molecule has 0 saturated carbocycles. The van der Waals surface area contributed by atoms with Gasteiger partial charge in [0.1, 0.15) is 23.1 Å². The summed E-state index contributed by atoms with van der Waals surface area (Å²) < 4.78 is 71.6. The van der Waals surface area contributed by atoms with Crippen LogP contribution in [0.25, 0.3) is 5.52 Å². The third-order valence-electron chi connectivity index (χ3n) is 5.82. The summed E-state index contributed by atoms with van der Waals surface area (Å²) in [5.74, 6) is -2.65. The number of halogens is 3. The number of hydrogen-bond acceptors (Lipinski definition) is 5. The lowest BCUT2D eigenvalue weighted by molar-refractivity contribution is 0.0998. The second-order valence-corrected chi connectivity index (χ2v) is 9.79. The molecule has 0 bridgehead atoms. The lowest BCUT2D eigenvalue weighted by Crippen LogP contribution is -2.29. The highest BCUT2D eigenvalue weighted by Gasteiger charge is 2.37. The molecule has 0 unspecified atom stereocenters. The Bertz CT molecular complexity index is 1340. The molecule has 3 aromatic rings. The average Bonchev–Trinajstić information content (AvgIpc) is 3.35. The molecule has 1 saturated heterocycles. The summed E-state index contributed by atoms with van der Waals surface area (Å²) in [5.41, 5.74) is 4.81. The molecule has 1 amide bonds. The molecule has 0 aliphatic carbocycles. The first kappa shape index (κ1) is 23.1. The predicted octanol–water partition coefficient (Wildman–Crippen LogP) is 2.64. The van der Waals surface area contributed by atoms with E-state index in [1.165, 1.54) is 42.4 Å². The third-order valence-corrected chi connectivity index (χ3v) is 7.68. The summed E-state index contributed by atoms with van der Waals surface area (Å²) in [7, 11) is -2.93. The zero-order valence-corrected chi connectivity index (χ0v) is 18.7. The smallest absolute Gasteiger partial charge is 0.262 e. The first-order valence-electron chi connectivity index (χ1n) is 10.2. The molecule has 8 nitrogen and oxygen atoms in total. The van der Waals surface area contributed by atoms with Crippen molar-refractivity contribution in [2.24, 2.45) is 5.73 Å². The Hall–Kier alpha value is -3.12. The number of anilines is 1. The van der Waals surface area contributed by atoms with E-state index >= 15 is 4.39 Å². The van der Waals surface area contributed by atoms with Crippen molar-refractivity contribution in [3.05, 3.63) is 59.3 Å². The fourth-order valence-electron chi connectivity index (χ4n) is 4.09. The number of pyridine rings is 1. The van der Waals surface area contributed by atoms with Crippen LogP contribution in [0.15, 0.2) is 41.6 Å². The van der Waals surface area contributed by atoms with Gasteiger partial charge in [-0.15, -0.1) is 0 Å². The van der Waals surface area contributed by atoms with Crippen molar-refractivity contribution < 1.29 is 26.4 Å². The van der Waals surface area contributed by atoms with Crippen molar-refractivity contribution in [1.82, 2.24) is 13.9 Å². The highest BCUT2D eigenvalue weighted by molar-refractivity contribution is 7.89. The van der Waals surface area contributed by atoms with Crippen LogP contribution in [0.1, 0.15) is 35.3 Å². The molecular formula is C21H22F3N5O3S. The Morgan fingerprint density at radius 3 is 2.67 bits per heavy atom. The molecule has 1 aliphatic heterocycles. The number of nitrogens with two attached hydrogens (primary N) is 1. The topological polar surface area (TPSA) is 101 Å². The maximum Gasteiger partial charge on any atom is 0.262 e. The minimum Gasteiger partial charge on any atom is -0.365 e. The van der Waals surface area contributed by atoms with Gasteiger partial charge in [-0.1, -0.05) is 19.1 Å². The quantitative estimate of drug-likeness (QED) is 0.583. The van der Waals surface area contributed by atoms with Crippen LogP contribution in [-0.2, 0) is 10.0 Å². The summed E-state index contributed by atoms with van der Waals surface area (Å²) in [6, 6.07) is 6.26. The summed E-state index contributed by atoms with van der Waals surface area (Å²) in [4.78, 5) is 13.6. The Balaban J connectivity index is 1.91. The number of aromatic nitrogens is 2. The van der Waals surface area contributed by atoms with Crippen molar-refractivity contribution >= 4 is 27.1 Å². The van der Waals surface area contributed by atoms with E-state index in [2.05, 4.69) is 5.10 Å². The average molecular weight is 482 g/mol. The summed E-state index contributed by atoms with van der Waals surface area (Å²) >= 11 is 0. The lowest BCUT2D eigenvalue weighted by atomic mass is 10.0. The maximum atomic E-state index is 15.8. The Kier molecular flexibility index (Phi) is 5.83. The van der Waals surface area contributed by atoms with Gasteiger partial charge in [-0.25, -0.2) is 26.1 Å². The molecule has 0 radical (unpaired) electrons. The fourth-order valence-corrected chi connectivity index (χ4v) is 5.37. The second-order valence-electron chi connectivity index (χ2n) is 7.83. The van der Waals surface area contributed by atoms with Gasteiger partial charge in [0.05, 0.1) is 11.7 Å². The number of alkyl halides is 1. The van der Waals surface area contributed by atoms with Gasteiger partial charge in [-0.2, -0.15) is 9.40 Å². The van der Waals surface area contributed by atoms with Gasteiger partial charge < -0.3 is 10.6 Å². The number of benzene rings is 1. The van der Waals surface area contributed by atoms with Crippen LogP contribution in [0.4, 0.5) is 18.9 Å². The van der Waals surface area contributed by atoms with Crippen LogP contribution in [0.2, 0.25) is 0 Å². The largest absolute Gasteiger partial charge is 0.365 e. The standard InChI is InChI=1S/C21H22F3N5O3S/c1-3-27(2)33(31,32)21-17(20(25)30)19-18(24)15(7-8-29(19)26-21)28-11-14(23)10-16(28)12-5-4-6-13(22)9-12/h4-9,14,16H,3,10-11H2,1-2H3,(H2,25,30)/t14-,16+/m0/s1. The normalized spacial score (nSPS) is 19.0. The van der Waals surface area contributed by atoms with E-state index < -0.39 is 55.9 Å². The number of carbonyl (C=O) groups excluding carboxylic acids is 1. The minimum absolute atomic E-state index is 0.0108. The number of rotatable bonds is 6. The summed E-state index contributed by atoms with van der Waals surface area (Å²) in [6.45, 7) is 1.50. The van der Waals surface area contributed by atoms with Crippen molar-refractivity contribution in [1.29, 1.82) is 0 Å². The molecule has 2 atom stereocenters. The lowest BCUT2D eigenvalue weighted by Gasteiger charge is -2.27. The molecular weight excluding hydrogens is 459 g/mol. The SMILES string of the molecule is CCN(C)S(=O)(=O)c1nn2ccc(N3C[C@@H](F)C[C@@H]3c3cccc(F)c3)c(F)c2c1C(N)=O. The van der Waals surface area contributed by atoms with Crippen LogP contribution in [0.5, 0.6) is 0 Å². The van der Waals surface area contributed by atoms with Crippen LogP contribution in [0, 0.1) is 11.6 Å². The van der Waals surface area contributed by atoms with E-state index in [1.807, 2.05) is 0 Å². The number of carbonyl (C=O) groups is 1. The molecule has 1 aliphatic rings. The monoisotopic (exact) mass is 481 g/mol. The van der Waals surface area contributed by atoms with Gasteiger partial charge in [-0.3, -0.25) is 4.79 Å². The maximum absolute atomic E-state index is 15.8. The molecule has 3 heterocycles. The first-order valence-corrected chi connectivity index (χ1v) is 11.6. The minimum atomic E-state index is -4.22. The van der Waals surface area contributed by atoms with E-state index in [0.717, 1.165) is 8.82 Å². The number of amides is 1. The van der Waals surface area contributed by atoms with Crippen molar-refractivity contribution in [2.45, 2.75) is 30.6 Å². The molecule has 1 fully saturated rings. The van der Waals surface area contributed by atoms with Gasteiger partial charge in [0, 0.05) is 32.8 Å². The number of hydrogen-bond donors (Lipinski definition) is 1. The highest BCUT2D eigenvalue weighted by atomic mass is 32.2. The van der Waals surface area contributed by atoms with E-state index in [0.29, 0.717) is 5.56 Å². The van der Waals surface area contributed by atoms with E-state index in [-0.39, 0.29) is 25.2 Å². The van der Waals surface area contributed by atoms with Crippen molar-refractivity contribution in [3.63, 3.8) is 0 Å². The van der Waals surface area contributed by atoms with Gasteiger partial charge in [0.2, 0.25) is 5.03 Å². The number of primary amides is 1. The highest BCUT2D eigenvalue weighted by Crippen LogP contribution is 2.40. The second kappa shape index (κ2) is 8.34. The number of nitrogens with zero attached hydrogens (tertiary/aromatic N) is 4. The summed E-state index contributed by atoms with van der Waals surface area (Å²) in [6.07, 6.45) is -0.0143. The zero-order valence-electron chi connectivity index (χ0n) is 17.9. The van der Waals surface area contributed by atoms with Gasteiger partial charge in [0.25, 0.3) is 15.9 Å². The molecule has 0 spiro atoms. The third kappa shape index (κ3) is 3.82. The Labute approximate surface area is 188 Å². The van der Waals surface area contributed by atoms with E-state index in [4.69, 9.17) is 5.73 Å². The van der Waals surface area contributed by atoms with E-state index in [9.17, 15) is 22.0 Å². The Morgan fingerprint density at radius 1 is 1.30 bits per heavy atom. The molecule has 12 heteroatoms. The molecule has 176 valence electrons. The number of sulfonamides is 1. The Morgan fingerprint density at radius 2 is 2.03 bits per heavy atom. The van der Waals surface area contributed by atoms with E-state index in [1.54, 1.807) is 13.0 Å². The molecule has 1 aromatic carbocycles. The molecule has 33 heavy (non-hydrogen) atoms. The summed E-state index contributed by atoms with van der Waals surface area (Å²) in [5, 5.41) is 3.25. The van der Waals surface area contributed by atoms with Crippen LogP contribution >= 0.6 is 0 Å². The fraction of sp³-hybridized carbons (Fsp3) is 0.333. The number of fused-ring (bicyclic) bond motifs is 1. The van der Waals surface area contributed by atoms with Crippen molar-refractivity contribution in [2.75, 3.05) is 25.0 Å². The zero-order chi connectivity index (χ0) is 24.1. The van der Waals surface area contributed by atoms with Gasteiger partial charge in [-0.05, 0) is 23.8 Å². The molecule has 4 rings (SSSR count). The predicted molar refractivity (Wildman–Crippen MR) is 115 cm³/mol. The van der Waals surface area contributed by atoms with Crippen molar-refractivity contribution in [3.8, 4) is 0 Å². The first-order chi connectivity index (χ1) is 15.6. The van der Waals surface area contributed by atoms with Crippen LogP contribution in [0.3, 0.4) is 0 Å². The molecule has 2 aromatic heterocycles. The molecule has 2 N–H and O–H groups in total.